The lowest BCUT2D eigenvalue weighted by Crippen LogP contribution is -2.40. The van der Waals surface area contributed by atoms with Gasteiger partial charge in [-0.1, -0.05) is 11.3 Å². The molecule has 1 saturated heterocycles. The molecule has 1 aromatic heterocycles. The number of aromatic nitrogens is 2. The Morgan fingerprint density at radius 1 is 1.47 bits per heavy atom. The SMILES string of the molecule is Nc1nnc(N2CCCC[C@H]2CCO)s1. The van der Waals surface area contributed by atoms with E-state index < -0.39 is 0 Å². The summed E-state index contributed by atoms with van der Waals surface area (Å²) in [6.07, 6.45) is 4.34. The molecule has 1 aliphatic heterocycles. The summed E-state index contributed by atoms with van der Waals surface area (Å²) in [4.78, 5) is 2.23. The number of nitrogens with zero attached hydrogens (tertiary/aromatic N) is 3. The average Bonchev–Trinajstić information content (AvgIpc) is 2.66. The Hall–Kier alpha value is -0.880. The van der Waals surface area contributed by atoms with Gasteiger partial charge < -0.3 is 15.7 Å². The number of piperidine rings is 1. The fourth-order valence-corrected chi connectivity index (χ4v) is 2.75. The van der Waals surface area contributed by atoms with E-state index in [9.17, 15) is 0 Å². The second-order valence-electron chi connectivity index (χ2n) is 3.78. The Labute approximate surface area is 92.9 Å². The van der Waals surface area contributed by atoms with Crippen LogP contribution in [0.3, 0.4) is 0 Å². The highest BCUT2D eigenvalue weighted by Crippen LogP contribution is 2.29. The molecule has 84 valence electrons. The van der Waals surface area contributed by atoms with Gasteiger partial charge in [0.1, 0.15) is 0 Å². The van der Waals surface area contributed by atoms with Crippen molar-refractivity contribution in [1.82, 2.24) is 10.2 Å². The van der Waals surface area contributed by atoms with Crippen LogP contribution in [0.1, 0.15) is 25.7 Å². The van der Waals surface area contributed by atoms with Crippen LogP contribution >= 0.6 is 11.3 Å². The van der Waals surface area contributed by atoms with Gasteiger partial charge in [-0.05, 0) is 25.7 Å². The van der Waals surface area contributed by atoms with Gasteiger partial charge in [0, 0.05) is 19.2 Å². The van der Waals surface area contributed by atoms with Crippen LogP contribution in [0.15, 0.2) is 0 Å². The normalized spacial score (nSPS) is 21.9. The second-order valence-corrected chi connectivity index (χ2v) is 4.77. The van der Waals surface area contributed by atoms with Crippen molar-refractivity contribution >= 4 is 21.6 Å². The van der Waals surface area contributed by atoms with Gasteiger partial charge in [-0.2, -0.15) is 0 Å². The molecule has 1 fully saturated rings. The second kappa shape index (κ2) is 4.76. The molecule has 0 aromatic carbocycles. The van der Waals surface area contributed by atoms with Crippen LogP contribution < -0.4 is 10.6 Å². The summed E-state index contributed by atoms with van der Waals surface area (Å²) in [5.41, 5.74) is 5.57. The van der Waals surface area contributed by atoms with Crippen molar-refractivity contribution in [2.45, 2.75) is 31.7 Å². The van der Waals surface area contributed by atoms with E-state index in [4.69, 9.17) is 10.8 Å². The summed E-state index contributed by atoms with van der Waals surface area (Å²) >= 11 is 1.42. The maximum absolute atomic E-state index is 9.00. The first-order chi connectivity index (χ1) is 7.31. The number of aliphatic hydroxyl groups is 1. The molecule has 5 nitrogen and oxygen atoms in total. The van der Waals surface area contributed by atoms with Gasteiger partial charge in [-0.3, -0.25) is 0 Å². The van der Waals surface area contributed by atoms with E-state index in [1.54, 1.807) is 0 Å². The number of hydrogen-bond donors (Lipinski definition) is 2. The molecule has 15 heavy (non-hydrogen) atoms. The van der Waals surface area contributed by atoms with Crippen molar-refractivity contribution < 1.29 is 5.11 Å². The predicted octanol–water partition coefficient (Wildman–Crippen LogP) is 0.862. The molecule has 1 atom stereocenters. The summed E-state index contributed by atoms with van der Waals surface area (Å²) in [6, 6.07) is 0.399. The van der Waals surface area contributed by atoms with Crippen molar-refractivity contribution in [1.29, 1.82) is 0 Å². The smallest absolute Gasteiger partial charge is 0.210 e. The first kappa shape index (κ1) is 10.6. The number of hydrogen-bond acceptors (Lipinski definition) is 6. The standard InChI is InChI=1S/C9H16N4OS/c10-8-11-12-9(15-8)13-5-2-1-3-7(13)4-6-14/h7,14H,1-6H2,(H2,10,11)/t7-/m0/s1. The van der Waals surface area contributed by atoms with E-state index in [-0.39, 0.29) is 6.61 Å². The lowest BCUT2D eigenvalue weighted by molar-refractivity contribution is 0.262. The highest BCUT2D eigenvalue weighted by Gasteiger charge is 2.24. The van der Waals surface area contributed by atoms with Crippen LogP contribution in [-0.2, 0) is 0 Å². The van der Waals surface area contributed by atoms with Crippen molar-refractivity contribution in [2.24, 2.45) is 0 Å². The van der Waals surface area contributed by atoms with Gasteiger partial charge in [0.15, 0.2) is 0 Å². The van der Waals surface area contributed by atoms with Gasteiger partial charge in [0.05, 0.1) is 0 Å². The van der Waals surface area contributed by atoms with Gasteiger partial charge in [-0.15, -0.1) is 10.2 Å². The summed E-state index contributed by atoms with van der Waals surface area (Å²) in [6.45, 7) is 1.23. The molecule has 0 spiro atoms. The zero-order valence-electron chi connectivity index (χ0n) is 8.59. The third-order valence-corrected chi connectivity index (χ3v) is 3.55. The molecular weight excluding hydrogens is 212 g/mol. The quantitative estimate of drug-likeness (QED) is 0.802. The monoisotopic (exact) mass is 228 g/mol. The first-order valence-corrected chi connectivity index (χ1v) is 6.09. The molecule has 1 aliphatic rings. The minimum atomic E-state index is 0.232. The molecule has 1 aromatic rings. The van der Waals surface area contributed by atoms with E-state index >= 15 is 0 Å². The Balaban J connectivity index is 2.10. The molecule has 6 heteroatoms. The Morgan fingerprint density at radius 2 is 2.33 bits per heavy atom. The van der Waals surface area contributed by atoms with Crippen molar-refractivity contribution in [3.05, 3.63) is 0 Å². The maximum Gasteiger partial charge on any atom is 0.210 e. The van der Waals surface area contributed by atoms with E-state index in [2.05, 4.69) is 15.1 Å². The lowest BCUT2D eigenvalue weighted by atomic mass is 10.0. The van der Waals surface area contributed by atoms with Crippen LogP contribution in [0.25, 0.3) is 0 Å². The number of anilines is 2. The van der Waals surface area contributed by atoms with Crippen molar-refractivity contribution in [3.8, 4) is 0 Å². The molecular formula is C9H16N4OS. The van der Waals surface area contributed by atoms with E-state index in [0.717, 1.165) is 24.5 Å². The fraction of sp³-hybridized carbons (Fsp3) is 0.778. The first-order valence-electron chi connectivity index (χ1n) is 5.27. The summed E-state index contributed by atoms with van der Waals surface area (Å²) in [5, 5.41) is 18.3. The van der Waals surface area contributed by atoms with Crippen LogP contribution in [0.4, 0.5) is 10.3 Å². The molecule has 0 unspecified atom stereocenters. The Kier molecular flexibility index (Phi) is 3.37. The van der Waals surface area contributed by atoms with Crippen LogP contribution in [0.5, 0.6) is 0 Å². The van der Waals surface area contributed by atoms with Gasteiger partial charge in [0.2, 0.25) is 10.3 Å². The zero-order chi connectivity index (χ0) is 10.7. The summed E-state index contributed by atoms with van der Waals surface area (Å²) in [7, 11) is 0. The number of aliphatic hydroxyl groups excluding tert-OH is 1. The lowest BCUT2D eigenvalue weighted by Gasteiger charge is -2.34. The molecule has 3 N–H and O–H groups in total. The van der Waals surface area contributed by atoms with Gasteiger partial charge in [0.25, 0.3) is 0 Å². The van der Waals surface area contributed by atoms with Crippen LogP contribution in [0.2, 0.25) is 0 Å². The van der Waals surface area contributed by atoms with Gasteiger partial charge in [-0.25, -0.2) is 0 Å². The Morgan fingerprint density at radius 3 is 3.00 bits per heavy atom. The van der Waals surface area contributed by atoms with Crippen LogP contribution in [-0.4, -0.2) is 34.5 Å². The zero-order valence-corrected chi connectivity index (χ0v) is 9.41. The molecule has 0 amide bonds. The fourth-order valence-electron chi connectivity index (χ4n) is 2.04. The molecule has 0 bridgehead atoms. The predicted molar refractivity (Wildman–Crippen MR) is 61.0 cm³/mol. The van der Waals surface area contributed by atoms with E-state index in [1.165, 1.54) is 24.2 Å². The van der Waals surface area contributed by atoms with Crippen molar-refractivity contribution in [3.63, 3.8) is 0 Å². The number of nitrogen functional groups attached to an aromatic ring is 1. The third kappa shape index (κ3) is 2.38. The molecule has 0 radical (unpaired) electrons. The summed E-state index contributed by atoms with van der Waals surface area (Å²) in [5.74, 6) is 0. The topological polar surface area (TPSA) is 75.3 Å². The average molecular weight is 228 g/mol. The van der Waals surface area contributed by atoms with Crippen molar-refractivity contribution in [2.75, 3.05) is 23.8 Å². The van der Waals surface area contributed by atoms with E-state index in [0.29, 0.717) is 11.2 Å². The van der Waals surface area contributed by atoms with Crippen LogP contribution in [0, 0.1) is 0 Å². The molecule has 0 aliphatic carbocycles. The summed E-state index contributed by atoms with van der Waals surface area (Å²) < 4.78 is 0. The van der Waals surface area contributed by atoms with Gasteiger partial charge >= 0.3 is 0 Å². The maximum atomic E-state index is 9.00. The highest BCUT2D eigenvalue weighted by atomic mass is 32.1. The minimum Gasteiger partial charge on any atom is -0.396 e. The number of nitrogens with two attached hydrogens (primary N) is 1. The minimum absolute atomic E-state index is 0.232. The number of rotatable bonds is 3. The van der Waals surface area contributed by atoms with E-state index in [1.807, 2.05) is 0 Å². The third-order valence-electron chi connectivity index (χ3n) is 2.77. The molecule has 2 rings (SSSR count). The highest BCUT2D eigenvalue weighted by molar-refractivity contribution is 7.18. The molecule has 0 saturated carbocycles. The Bertz CT molecular complexity index is 315. The molecule has 2 heterocycles. The largest absolute Gasteiger partial charge is 0.396 e.